The minimum atomic E-state index is -4.13. The molecule has 0 spiro atoms. The second-order valence-electron chi connectivity index (χ2n) is 8.15. The van der Waals surface area contributed by atoms with Crippen LogP contribution >= 0.6 is 0 Å². The van der Waals surface area contributed by atoms with Crippen molar-refractivity contribution in [3.05, 3.63) is 0 Å². The fourth-order valence-electron chi connectivity index (χ4n) is 3.57. The van der Waals surface area contributed by atoms with Crippen LogP contribution in [0.2, 0.25) is 0 Å². The fourth-order valence-corrected chi connectivity index (χ4v) is 4.09. The number of unbranched alkanes of at least 4 members (excludes halogenated alkanes) is 15. The molecule has 0 radical (unpaired) electrons. The molecule has 1 atom stereocenters. The molecule has 0 amide bonds. The summed E-state index contributed by atoms with van der Waals surface area (Å²) < 4.78 is 31.5. The van der Waals surface area contributed by atoms with E-state index in [1.54, 1.807) is 0 Å². The molecule has 0 bridgehead atoms. The molecule has 0 heterocycles. The van der Waals surface area contributed by atoms with E-state index in [0.29, 0.717) is 6.42 Å². The Balaban J connectivity index is 0. The van der Waals surface area contributed by atoms with Crippen molar-refractivity contribution in [1.82, 2.24) is 0 Å². The van der Waals surface area contributed by atoms with E-state index in [0.717, 1.165) is 19.3 Å². The van der Waals surface area contributed by atoms with Crippen LogP contribution in [-0.2, 0) is 10.1 Å². The van der Waals surface area contributed by atoms with Crippen molar-refractivity contribution >= 4 is 10.1 Å². The van der Waals surface area contributed by atoms with Gasteiger partial charge in [0.15, 0.2) is 0 Å². The molecule has 6 heteroatoms. The first-order chi connectivity index (χ1) is 13.0. The number of aliphatic hydroxyl groups excluding tert-OH is 1. The predicted octanol–water partition coefficient (Wildman–Crippen LogP) is 3.33. The Morgan fingerprint density at radius 1 is 0.643 bits per heavy atom. The van der Waals surface area contributed by atoms with Gasteiger partial charge in [-0.2, -0.15) is 0 Å². The summed E-state index contributed by atoms with van der Waals surface area (Å²) in [5, 5.41) is 9.76. The van der Waals surface area contributed by atoms with Gasteiger partial charge < -0.3 is 9.66 Å². The Hall–Kier alpha value is 0.870. The van der Waals surface area contributed by atoms with Gasteiger partial charge in [-0.05, 0) is 19.3 Å². The van der Waals surface area contributed by atoms with E-state index in [2.05, 4.69) is 6.92 Å². The van der Waals surface area contributed by atoms with Gasteiger partial charge in [-0.15, -0.1) is 0 Å². The number of rotatable bonds is 21. The average molecular weight is 429 g/mol. The summed E-state index contributed by atoms with van der Waals surface area (Å²) >= 11 is 0. The van der Waals surface area contributed by atoms with Crippen LogP contribution in [0.15, 0.2) is 0 Å². The average Bonchev–Trinajstić information content (AvgIpc) is 2.60. The molecule has 4 nitrogen and oxygen atoms in total. The SMILES string of the molecule is CCCCCCCCCCCCCCCCCCC(O)CCCS(=O)(=O)[O-].[Na+]. The first kappa shape index (κ1) is 31.1. The van der Waals surface area contributed by atoms with Gasteiger partial charge in [-0.1, -0.05) is 110 Å². The fraction of sp³-hybridized carbons (Fsp3) is 1.00. The van der Waals surface area contributed by atoms with Crippen LogP contribution in [-0.4, -0.2) is 29.9 Å². The zero-order chi connectivity index (χ0) is 20.2. The third kappa shape index (κ3) is 26.9. The van der Waals surface area contributed by atoms with Gasteiger partial charge in [0.1, 0.15) is 0 Å². The standard InChI is InChI=1S/C22H46O4S.Na/c1-2-3-4-5-6-7-8-9-10-11-12-13-14-15-16-17-19-22(23)20-18-21-27(24,25)26;/h22-23H,2-21H2,1H3,(H,24,25,26);/q;+1/p-1. The molecule has 1 unspecified atom stereocenters. The van der Waals surface area contributed by atoms with Gasteiger partial charge in [-0.3, -0.25) is 0 Å². The summed E-state index contributed by atoms with van der Waals surface area (Å²) in [6, 6.07) is 0. The third-order valence-corrected chi connectivity index (χ3v) is 6.11. The van der Waals surface area contributed by atoms with E-state index < -0.39 is 16.2 Å². The maximum absolute atomic E-state index is 10.5. The molecule has 0 saturated heterocycles. The van der Waals surface area contributed by atoms with Gasteiger partial charge in [0, 0.05) is 5.75 Å². The molecule has 164 valence electrons. The smallest absolute Gasteiger partial charge is 0.748 e. The van der Waals surface area contributed by atoms with Crippen LogP contribution in [0.4, 0.5) is 0 Å². The summed E-state index contributed by atoms with van der Waals surface area (Å²) in [6.45, 7) is 2.27. The largest absolute Gasteiger partial charge is 1.00 e. The van der Waals surface area contributed by atoms with Crippen molar-refractivity contribution in [2.24, 2.45) is 0 Å². The molecule has 28 heavy (non-hydrogen) atoms. The van der Waals surface area contributed by atoms with Crippen LogP contribution in [0.5, 0.6) is 0 Å². The molecule has 0 aromatic carbocycles. The van der Waals surface area contributed by atoms with Crippen molar-refractivity contribution < 1.29 is 47.6 Å². The van der Waals surface area contributed by atoms with Crippen molar-refractivity contribution in [2.75, 3.05) is 5.75 Å². The Morgan fingerprint density at radius 2 is 0.964 bits per heavy atom. The van der Waals surface area contributed by atoms with Crippen LogP contribution in [0, 0.1) is 0 Å². The van der Waals surface area contributed by atoms with Crippen molar-refractivity contribution in [3.63, 3.8) is 0 Å². The first-order valence-corrected chi connectivity index (χ1v) is 13.1. The quantitative estimate of drug-likeness (QED) is 0.173. The van der Waals surface area contributed by atoms with E-state index in [-0.39, 0.29) is 41.7 Å². The molecule has 0 rings (SSSR count). The topological polar surface area (TPSA) is 77.4 Å². The Kier molecular flexibility index (Phi) is 25.0. The second kappa shape index (κ2) is 22.6. The second-order valence-corrected chi connectivity index (χ2v) is 9.67. The summed E-state index contributed by atoms with van der Waals surface area (Å²) in [7, 11) is -4.13. The molecule has 1 N–H and O–H groups in total. The molecule has 0 saturated carbocycles. The predicted molar refractivity (Wildman–Crippen MR) is 114 cm³/mol. The van der Waals surface area contributed by atoms with Crippen LogP contribution < -0.4 is 29.6 Å². The van der Waals surface area contributed by atoms with Crippen LogP contribution in [0.25, 0.3) is 0 Å². The molecule has 0 aliphatic rings. The molecule has 0 aliphatic heterocycles. The van der Waals surface area contributed by atoms with Gasteiger partial charge in [0.25, 0.3) is 0 Å². The van der Waals surface area contributed by atoms with Gasteiger partial charge in [0.2, 0.25) is 0 Å². The minimum absolute atomic E-state index is 0. The summed E-state index contributed by atoms with van der Waals surface area (Å²) in [4.78, 5) is 0. The maximum atomic E-state index is 10.5. The molecule has 0 aromatic rings. The molecule has 0 aromatic heterocycles. The summed E-state index contributed by atoms with van der Waals surface area (Å²) in [5.41, 5.74) is 0. The number of aliphatic hydroxyl groups is 1. The van der Waals surface area contributed by atoms with Crippen LogP contribution in [0.3, 0.4) is 0 Å². The van der Waals surface area contributed by atoms with E-state index in [9.17, 15) is 18.1 Å². The number of hydrogen-bond acceptors (Lipinski definition) is 4. The normalized spacial score (nSPS) is 12.7. The van der Waals surface area contributed by atoms with Gasteiger partial charge in [-0.25, -0.2) is 8.42 Å². The molecule has 0 fully saturated rings. The van der Waals surface area contributed by atoms with Crippen LogP contribution in [0.1, 0.15) is 129 Å². The number of hydrogen-bond donors (Lipinski definition) is 1. The van der Waals surface area contributed by atoms with Crippen molar-refractivity contribution in [1.29, 1.82) is 0 Å². The third-order valence-electron chi connectivity index (χ3n) is 5.32. The van der Waals surface area contributed by atoms with Crippen molar-refractivity contribution in [2.45, 2.75) is 135 Å². The first-order valence-electron chi connectivity index (χ1n) is 11.6. The zero-order valence-electron chi connectivity index (χ0n) is 18.8. The zero-order valence-corrected chi connectivity index (χ0v) is 21.6. The monoisotopic (exact) mass is 428 g/mol. The molecular weight excluding hydrogens is 383 g/mol. The van der Waals surface area contributed by atoms with Gasteiger partial charge in [0.05, 0.1) is 16.2 Å². The Morgan fingerprint density at radius 3 is 1.32 bits per heavy atom. The maximum Gasteiger partial charge on any atom is 1.00 e. The Bertz CT molecular complexity index is 401. The molecular formula is C22H45NaO4S. The minimum Gasteiger partial charge on any atom is -0.748 e. The van der Waals surface area contributed by atoms with E-state index >= 15 is 0 Å². The summed E-state index contributed by atoms with van der Waals surface area (Å²) in [6.07, 6.45) is 22.2. The van der Waals surface area contributed by atoms with Crippen molar-refractivity contribution in [3.8, 4) is 0 Å². The van der Waals surface area contributed by atoms with Gasteiger partial charge >= 0.3 is 29.6 Å². The van der Waals surface area contributed by atoms with E-state index in [1.807, 2.05) is 0 Å². The molecule has 0 aliphatic carbocycles. The van der Waals surface area contributed by atoms with E-state index in [4.69, 9.17) is 0 Å². The van der Waals surface area contributed by atoms with E-state index in [1.165, 1.54) is 89.9 Å². The summed E-state index contributed by atoms with van der Waals surface area (Å²) in [5.74, 6) is -0.358. The Labute approximate surface area is 197 Å².